The first kappa shape index (κ1) is 17.1. The lowest BCUT2D eigenvalue weighted by Crippen LogP contribution is -2.10. The van der Waals surface area contributed by atoms with Crippen molar-refractivity contribution in [1.29, 1.82) is 0 Å². The van der Waals surface area contributed by atoms with Gasteiger partial charge in [-0.1, -0.05) is 39.7 Å². The minimum absolute atomic E-state index is 0.116. The first-order valence-corrected chi connectivity index (χ1v) is 9.35. The largest absolute Gasteiger partial charge is 0.306 e. The van der Waals surface area contributed by atoms with E-state index in [4.69, 9.17) is 0 Å². The van der Waals surface area contributed by atoms with Crippen molar-refractivity contribution in [3.8, 4) is 22.5 Å². The Bertz CT molecular complexity index is 1200. The Hall–Kier alpha value is -2.38. The zero-order chi connectivity index (χ0) is 18.4. The number of benzene rings is 2. The Kier molecular flexibility index (Phi) is 4.20. The molecule has 26 heavy (non-hydrogen) atoms. The van der Waals surface area contributed by atoms with Crippen LogP contribution < -0.4 is 5.56 Å². The molecule has 2 aromatic heterocycles. The average Bonchev–Trinajstić information content (AvgIpc) is 3.01. The molecule has 0 atom stereocenters. The summed E-state index contributed by atoms with van der Waals surface area (Å²) in [5.74, 6) is -1.66. The molecule has 0 saturated carbocycles. The van der Waals surface area contributed by atoms with Gasteiger partial charge in [0.2, 0.25) is 0 Å². The van der Waals surface area contributed by atoms with Crippen LogP contribution in [0.1, 0.15) is 5.56 Å². The summed E-state index contributed by atoms with van der Waals surface area (Å²) in [7, 11) is 0. The summed E-state index contributed by atoms with van der Waals surface area (Å²) >= 11 is 4.77. The highest BCUT2D eigenvalue weighted by molar-refractivity contribution is 9.10. The minimum Gasteiger partial charge on any atom is -0.306 e. The maximum absolute atomic E-state index is 14.0. The van der Waals surface area contributed by atoms with Crippen molar-refractivity contribution in [2.45, 2.75) is 6.92 Å². The van der Waals surface area contributed by atoms with Gasteiger partial charge in [0.15, 0.2) is 0 Å². The van der Waals surface area contributed by atoms with Gasteiger partial charge in [-0.05, 0) is 30.7 Å². The maximum atomic E-state index is 14.0. The highest BCUT2D eigenvalue weighted by atomic mass is 79.9. The van der Waals surface area contributed by atoms with Crippen LogP contribution in [0.3, 0.4) is 0 Å². The number of rotatable bonds is 2. The number of nitrogens with one attached hydrogen (secondary N) is 1. The molecule has 3 nitrogen and oxygen atoms in total. The standard InChI is InChI=1S/C19H11BrF2N2OS/c1-9-5-6-12(20)10(7-9)11-8-26-19-15(11)18(25)23-17(24-19)16-13(21)3-2-4-14(16)22/h2-8H,1H3,(H,23,24,25). The Balaban J connectivity index is 1.97. The van der Waals surface area contributed by atoms with Gasteiger partial charge >= 0.3 is 0 Å². The Morgan fingerprint density at radius 1 is 1.12 bits per heavy atom. The van der Waals surface area contributed by atoms with E-state index in [1.54, 1.807) is 0 Å². The van der Waals surface area contributed by atoms with Crippen LogP contribution in [0.15, 0.2) is 51.0 Å². The number of H-pyrrole nitrogens is 1. The average molecular weight is 433 g/mol. The molecule has 4 rings (SSSR count). The third kappa shape index (κ3) is 2.77. The molecule has 0 unspecified atom stereocenters. The summed E-state index contributed by atoms with van der Waals surface area (Å²) in [4.78, 5) is 19.9. The highest BCUT2D eigenvalue weighted by Crippen LogP contribution is 2.36. The van der Waals surface area contributed by atoms with E-state index in [-0.39, 0.29) is 11.4 Å². The predicted octanol–water partition coefficient (Wildman–Crippen LogP) is 5.67. The van der Waals surface area contributed by atoms with Gasteiger partial charge in [-0.2, -0.15) is 0 Å². The maximum Gasteiger partial charge on any atom is 0.260 e. The molecule has 0 saturated heterocycles. The number of nitrogens with zero attached hydrogens (tertiary/aromatic N) is 1. The Morgan fingerprint density at radius 2 is 1.85 bits per heavy atom. The van der Waals surface area contributed by atoms with Crippen LogP contribution in [-0.4, -0.2) is 9.97 Å². The zero-order valence-corrected chi connectivity index (χ0v) is 15.8. The second kappa shape index (κ2) is 6.41. The van der Waals surface area contributed by atoms with E-state index in [1.165, 1.54) is 17.4 Å². The van der Waals surface area contributed by atoms with Crippen LogP contribution in [0, 0.1) is 18.6 Å². The summed E-state index contributed by atoms with van der Waals surface area (Å²) in [6.07, 6.45) is 0. The van der Waals surface area contributed by atoms with E-state index < -0.39 is 17.2 Å². The SMILES string of the molecule is Cc1ccc(Br)c(-c2csc3nc(-c4c(F)cccc4F)[nH]c(=O)c23)c1. The van der Waals surface area contributed by atoms with E-state index in [0.717, 1.165) is 33.3 Å². The van der Waals surface area contributed by atoms with Crippen LogP contribution in [-0.2, 0) is 0 Å². The number of hydrogen-bond donors (Lipinski definition) is 1. The second-order valence-electron chi connectivity index (χ2n) is 5.82. The van der Waals surface area contributed by atoms with Crippen molar-refractivity contribution in [2.75, 3.05) is 0 Å². The molecule has 0 bridgehead atoms. The van der Waals surface area contributed by atoms with Crippen molar-refractivity contribution >= 4 is 37.5 Å². The van der Waals surface area contributed by atoms with Crippen molar-refractivity contribution in [3.63, 3.8) is 0 Å². The van der Waals surface area contributed by atoms with Crippen LogP contribution >= 0.6 is 27.3 Å². The molecule has 7 heteroatoms. The van der Waals surface area contributed by atoms with Crippen LogP contribution in [0.2, 0.25) is 0 Å². The van der Waals surface area contributed by atoms with E-state index in [0.29, 0.717) is 10.2 Å². The summed E-state index contributed by atoms with van der Waals surface area (Å²) in [5.41, 5.74) is 1.88. The molecule has 0 spiro atoms. The summed E-state index contributed by atoms with van der Waals surface area (Å²) in [5, 5.41) is 2.23. The molecule has 0 radical (unpaired) electrons. The molecular formula is C19H11BrF2N2OS. The molecule has 0 aliphatic heterocycles. The van der Waals surface area contributed by atoms with Gasteiger partial charge in [0.25, 0.3) is 5.56 Å². The quantitative estimate of drug-likeness (QED) is 0.443. The van der Waals surface area contributed by atoms with Gasteiger partial charge in [-0.25, -0.2) is 13.8 Å². The molecule has 2 aromatic carbocycles. The molecule has 0 aliphatic carbocycles. The number of fused-ring (bicyclic) bond motifs is 1. The predicted molar refractivity (Wildman–Crippen MR) is 103 cm³/mol. The number of aromatic nitrogens is 2. The van der Waals surface area contributed by atoms with Gasteiger partial charge in [0.1, 0.15) is 22.3 Å². The fourth-order valence-electron chi connectivity index (χ4n) is 2.84. The van der Waals surface area contributed by atoms with Gasteiger partial charge in [-0.3, -0.25) is 4.79 Å². The minimum atomic E-state index is -0.772. The van der Waals surface area contributed by atoms with Gasteiger partial charge in [-0.15, -0.1) is 11.3 Å². The number of aryl methyl sites for hydroxylation is 1. The third-order valence-corrected chi connectivity index (χ3v) is 5.62. The molecule has 2 heterocycles. The molecular weight excluding hydrogens is 422 g/mol. The molecule has 0 aliphatic rings. The van der Waals surface area contributed by atoms with Crippen molar-refractivity contribution in [2.24, 2.45) is 0 Å². The third-order valence-electron chi connectivity index (χ3n) is 4.06. The Labute approximate surface area is 159 Å². The Morgan fingerprint density at radius 3 is 2.58 bits per heavy atom. The van der Waals surface area contributed by atoms with E-state index >= 15 is 0 Å². The number of hydrogen-bond acceptors (Lipinski definition) is 3. The van der Waals surface area contributed by atoms with Gasteiger partial charge < -0.3 is 4.98 Å². The fourth-order valence-corrected chi connectivity index (χ4v) is 4.23. The fraction of sp³-hybridized carbons (Fsp3) is 0.0526. The van der Waals surface area contributed by atoms with E-state index in [2.05, 4.69) is 25.9 Å². The van der Waals surface area contributed by atoms with Crippen molar-refractivity contribution in [1.82, 2.24) is 9.97 Å². The summed E-state index contributed by atoms with van der Waals surface area (Å²) in [6, 6.07) is 9.37. The molecule has 4 aromatic rings. The monoisotopic (exact) mass is 432 g/mol. The molecule has 130 valence electrons. The summed E-state index contributed by atoms with van der Waals surface area (Å²) in [6.45, 7) is 1.96. The number of thiophene rings is 1. The van der Waals surface area contributed by atoms with Crippen molar-refractivity contribution < 1.29 is 8.78 Å². The van der Waals surface area contributed by atoms with Crippen LogP contribution in [0.5, 0.6) is 0 Å². The summed E-state index contributed by atoms with van der Waals surface area (Å²) < 4.78 is 28.9. The van der Waals surface area contributed by atoms with Crippen LogP contribution in [0.25, 0.3) is 32.7 Å². The normalized spacial score (nSPS) is 11.2. The van der Waals surface area contributed by atoms with E-state index in [1.807, 2.05) is 30.5 Å². The lowest BCUT2D eigenvalue weighted by Gasteiger charge is -2.06. The first-order valence-electron chi connectivity index (χ1n) is 7.68. The van der Waals surface area contributed by atoms with Crippen LogP contribution in [0.4, 0.5) is 8.78 Å². The first-order chi connectivity index (χ1) is 12.5. The second-order valence-corrected chi connectivity index (χ2v) is 7.54. The van der Waals surface area contributed by atoms with Crippen molar-refractivity contribution in [3.05, 3.63) is 73.8 Å². The molecule has 0 fully saturated rings. The topological polar surface area (TPSA) is 45.8 Å². The number of aromatic amines is 1. The lowest BCUT2D eigenvalue weighted by molar-refractivity contribution is 0.587. The molecule has 1 N–H and O–H groups in total. The highest BCUT2D eigenvalue weighted by Gasteiger charge is 2.18. The smallest absolute Gasteiger partial charge is 0.260 e. The lowest BCUT2D eigenvalue weighted by atomic mass is 10.0. The van der Waals surface area contributed by atoms with E-state index in [9.17, 15) is 13.6 Å². The number of halogens is 3. The molecule has 0 amide bonds. The van der Waals surface area contributed by atoms with Gasteiger partial charge in [0.05, 0.1) is 10.9 Å². The van der Waals surface area contributed by atoms with Gasteiger partial charge in [0, 0.05) is 15.4 Å². The zero-order valence-electron chi connectivity index (χ0n) is 13.4.